The molecule has 0 fully saturated rings. The molecule has 3 heteroatoms. The van der Waals surface area contributed by atoms with E-state index >= 15 is 0 Å². The van der Waals surface area contributed by atoms with E-state index in [4.69, 9.17) is 7.53 Å². The van der Waals surface area contributed by atoms with E-state index in [0.29, 0.717) is 5.41 Å². The molecule has 0 radical (unpaired) electrons. The van der Waals surface area contributed by atoms with Gasteiger partial charge in [0.2, 0.25) is 0 Å². The van der Waals surface area contributed by atoms with E-state index in [9.17, 15) is 0 Å². The Morgan fingerprint density at radius 3 is 1.78 bits per heavy atom. The van der Waals surface area contributed by atoms with E-state index in [1.54, 1.807) is 0 Å². The van der Waals surface area contributed by atoms with Crippen molar-refractivity contribution in [3.05, 3.63) is 0 Å². The molecule has 1 atom stereocenters. The predicted molar refractivity (Wildman–Crippen MR) is 82.2 cm³/mol. The van der Waals surface area contributed by atoms with Gasteiger partial charge in [-0.2, -0.15) is 0 Å². The molecule has 0 aliphatic rings. The average molecular weight is 319 g/mol. The van der Waals surface area contributed by atoms with Crippen molar-refractivity contribution in [2.75, 3.05) is 6.61 Å². The molecule has 1 unspecified atom stereocenters. The Labute approximate surface area is 118 Å². The summed E-state index contributed by atoms with van der Waals surface area (Å²) in [7, 11) is 0. The van der Waals surface area contributed by atoms with Crippen molar-refractivity contribution in [3.63, 3.8) is 0 Å². The summed E-state index contributed by atoms with van der Waals surface area (Å²) in [6.07, 6.45) is 1.44. The van der Waals surface area contributed by atoms with Crippen LogP contribution in [0.2, 0.25) is 9.50 Å². The maximum absolute atomic E-state index is 6.40. The number of hydrogen-bond acceptors (Lipinski definition) is 2. The Morgan fingerprint density at radius 1 is 1.00 bits per heavy atom. The van der Waals surface area contributed by atoms with Crippen LogP contribution in [-0.4, -0.2) is 26.7 Å². The van der Waals surface area contributed by atoms with Gasteiger partial charge in [0.05, 0.1) is 0 Å². The van der Waals surface area contributed by atoms with Gasteiger partial charge in [-0.15, -0.1) is 0 Å². The third-order valence-corrected chi connectivity index (χ3v) is 13.2. The summed E-state index contributed by atoms with van der Waals surface area (Å²) in [4.78, 5) is 0. The molecule has 0 saturated carbocycles. The molecule has 0 aromatic rings. The second-order valence-electron chi connectivity index (χ2n) is 7.66. The van der Waals surface area contributed by atoms with Crippen LogP contribution < -0.4 is 0 Å². The summed E-state index contributed by atoms with van der Waals surface area (Å²) in [5.41, 5.74) is 0.346. The van der Waals surface area contributed by atoms with E-state index in [-0.39, 0.29) is 10.4 Å². The fourth-order valence-corrected chi connectivity index (χ4v) is 10.8. The normalized spacial score (nSPS) is 17.0. The van der Waals surface area contributed by atoms with E-state index in [0.717, 1.165) is 11.9 Å². The van der Waals surface area contributed by atoms with Gasteiger partial charge in [-0.05, 0) is 0 Å². The van der Waals surface area contributed by atoms with Gasteiger partial charge in [-0.25, -0.2) is 0 Å². The standard InChI is InChI=1S/C15H34GeO2/c1-10-17-16(15(7,8)9,18-13(2)3)12-11-14(4,5)6/h13H,10-12H2,1-9H3. The van der Waals surface area contributed by atoms with Crippen LogP contribution in [0.15, 0.2) is 0 Å². The van der Waals surface area contributed by atoms with Crippen molar-refractivity contribution in [2.24, 2.45) is 5.41 Å². The molecule has 110 valence electrons. The average Bonchev–Trinajstić information content (AvgIpc) is 2.10. The van der Waals surface area contributed by atoms with Crippen molar-refractivity contribution in [1.82, 2.24) is 0 Å². The minimum atomic E-state index is -2.76. The quantitative estimate of drug-likeness (QED) is 0.632. The van der Waals surface area contributed by atoms with Crippen LogP contribution in [-0.2, 0) is 7.53 Å². The molecule has 0 aliphatic heterocycles. The first kappa shape index (κ1) is 18.5. The molecule has 0 saturated heterocycles. The van der Waals surface area contributed by atoms with E-state index < -0.39 is 13.9 Å². The van der Waals surface area contributed by atoms with Gasteiger partial charge in [0.1, 0.15) is 0 Å². The Balaban J connectivity index is 5.08. The van der Waals surface area contributed by atoms with E-state index in [1.165, 1.54) is 6.42 Å². The molecule has 0 aromatic carbocycles. The maximum atomic E-state index is 6.40. The van der Waals surface area contributed by atoms with Crippen molar-refractivity contribution in [1.29, 1.82) is 0 Å². The number of rotatable bonds is 6. The summed E-state index contributed by atoms with van der Waals surface area (Å²) in [5.74, 6) is 0. The fourth-order valence-electron chi connectivity index (χ4n) is 2.09. The summed E-state index contributed by atoms with van der Waals surface area (Å²) >= 11 is -2.76. The van der Waals surface area contributed by atoms with Crippen molar-refractivity contribution >= 4 is 13.9 Å². The Kier molecular flexibility index (Phi) is 6.93. The molecule has 0 bridgehead atoms. The van der Waals surface area contributed by atoms with E-state index in [2.05, 4.69) is 62.3 Å². The topological polar surface area (TPSA) is 18.5 Å². The monoisotopic (exact) mass is 320 g/mol. The Bertz CT molecular complexity index is 238. The molecular weight excluding hydrogens is 285 g/mol. The van der Waals surface area contributed by atoms with Crippen LogP contribution in [0.3, 0.4) is 0 Å². The molecular formula is C15H34GeO2. The molecule has 0 aromatic heterocycles. The van der Waals surface area contributed by atoms with E-state index in [1.807, 2.05) is 0 Å². The molecule has 2 nitrogen and oxygen atoms in total. The van der Waals surface area contributed by atoms with Gasteiger partial charge in [0, 0.05) is 0 Å². The molecule has 0 N–H and O–H groups in total. The SMILES string of the molecule is CC[O][Ge]([CH2]CC(C)(C)C)([O]C(C)C)[C](C)(C)C. The number of hydrogen-bond donors (Lipinski definition) is 0. The van der Waals surface area contributed by atoms with Crippen LogP contribution in [0.1, 0.15) is 68.7 Å². The van der Waals surface area contributed by atoms with Gasteiger partial charge in [-0.1, -0.05) is 0 Å². The zero-order valence-corrected chi connectivity index (χ0v) is 16.1. The first-order valence-corrected chi connectivity index (χ1v) is 11.5. The summed E-state index contributed by atoms with van der Waals surface area (Å²) in [5, 5.41) is 1.12. The summed E-state index contributed by atoms with van der Waals surface area (Å²) in [6, 6.07) is 0. The van der Waals surface area contributed by atoms with Gasteiger partial charge in [-0.3, -0.25) is 0 Å². The molecule has 0 aliphatic carbocycles. The van der Waals surface area contributed by atoms with Crippen LogP contribution in [0.25, 0.3) is 0 Å². The van der Waals surface area contributed by atoms with Crippen LogP contribution >= 0.6 is 0 Å². The minimum absolute atomic E-state index is 0.158. The zero-order valence-electron chi connectivity index (χ0n) is 14.0. The Morgan fingerprint density at radius 2 is 1.50 bits per heavy atom. The fraction of sp³-hybridized carbons (Fsp3) is 1.00. The van der Waals surface area contributed by atoms with Crippen LogP contribution in [0.5, 0.6) is 0 Å². The molecule has 0 spiro atoms. The second-order valence-corrected chi connectivity index (χ2v) is 16.1. The molecule has 0 amide bonds. The van der Waals surface area contributed by atoms with Crippen LogP contribution in [0, 0.1) is 5.41 Å². The third kappa shape index (κ3) is 6.07. The predicted octanol–water partition coefficient (Wildman–Crippen LogP) is 5.13. The van der Waals surface area contributed by atoms with Crippen LogP contribution in [0.4, 0.5) is 0 Å². The van der Waals surface area contributed by atoms with Gasteiger partial charge >= 0.3 is 118 Å². The van der Waals surface area contributed by atoms with Gasteiger partial charge < -0.3 is 0 Å². The first-order valence-electron chi connectivity index (χ1n) is 7.25. The third-order valence-electron chi connectivity index (χ3n) is 3.15. The van der Waals surface area contributed by atoms with Crippen molar-refractivity contribution in [3.8, 4) is 0 Å². The summed E-state index contributed by atoms with van der Waals surface area (Å²) in [6.45, 7) is 20.9. The van der Waals surface area contributed by atoms with Gasteiger partial charge in [0.15, 0.2) is 0 Å². The molecule has 0 heterocycles. The molecule has 0 rings (SSSR count). The molecule has 18 heavy (non-hydrogen) atoms. The van der Waals surface area contributed by atoms with Crippen molar-refractivity contribution < 1.29 is 7.53 Å². The van der Waals surface area contributed by atoms with Gasteiger partial charge in [0.25, 0.3) is 0 Å². The summed E-state index contributed by atoms with van der Waals surface area (Å²) < 4.78 is 12.8. The van der Waals surface area contributed by atoms with Crippen molar-refractivity contribution in [2.45, 2.75) is 84.3 Å². The Hall–Kier alpha value is 0.463. The first-order chi connectivity index (χ1) is 7.93. The zero-order chi connectivity index (χ0) is 14.6. The second kappa shape index (κ2) is 6.76.